The molecule has 0 aliphatic carbocycles. The summed E-state index contributed by atoms with van der Waals surface area (Å²) < 4.78 is 5.23. The van der Waals surface area contributed by atoms with Gasteiger partial charge in [0.1, 0.15) is 11.0 Å². The fraction of sp³-hybridized carbons (Fsp3) is 0.500. The molecule has 0 heterocycles. The molecule has 0 aromatic heterocycles. The molecule has 0 amide bonds. The van der Waals surface area contributed by atoms with Gasteiger partial charge < -0.3 is 4.74 Å². The van der Waals surface area contributed by atoms with Crippen molar-refractivity contribution < 1.29 is 9.53 Å². The van der Waals surface area contributed by atoms with Crippen LogP contribution in [0, 0.1) is 6.92 Å². The number of alkyl halides is 1. The lowest BCUT2D eigenvalue weighted by atomic mass is 10.1. The molecule has 0 aliphatic heterocycles. The maximum absolute atomic E-state index is 11.7. The van der Waals surface area contributed by atoms with Gasteiger partial charge in [-0.3, -0.25) is 4.79 Å². The number of halogens is 1. The summed E-state index contributed by atoms with van der Waals surface area (Å²) in [4.78, 5) is 11.7. The quantitative estimate of drug-likeness (QED) is 0.610. The average Bonchev–Trinajstić information content (AvgIpc) is 2.14. The van der Waals surface area contributed by atoms with Crippen molar-refractivity contribution in [3.8, 4) is 0 Å². The van der Waals surface area contributed by atoms with Gasteiger partial charge >= 0.3 is 5.97 Å². The van der Waals surface area contributed by atoms with Crippen LogP contribution in [-0.4, -0.2) is 16.9 Å². The fourth-order valence-corrected chi connectivity index (χ4v) is 1.72. The molecule has 2 nitrogen and oxygen atoms in total. The van der Waals surface area contributed by atoms with Crippen LogP contribution in [0.25, 0.3) is 0 Å². The van der Waals surface area contributed by atoms with Gasteiger partial charge in [-0.2, -0.15) is 0 Å². The van der Waals surface area contributed by atoms with E-state index in [0.717, 1.165) is 11.1 Å². The molecule has 1 aromatic rings. The van der Waals surface area contributed by atoms with Crippen molar-refractivity contribution in [1.29, 1.82) is 0 Å². The Bertz CT molecular complexity index is 393. The molecule has 0 fully saturated rings. The number of aryl methyl sites for hydroxylation is 1. The summed E-state index contributed by atoms with van der Waals surface area (Å²) in [5.74, 6) is -0.360. The number of esters is 1. The SMILES string of the molecule is Cc1cccc(CC(Cl)C(=O)OC(C)(C)C)c1. The summed E-state index contributed by atoms with van der Waals surface area (Å²) in [7, 11) is 0. The minimum atomic E-state index is -0.629. The number of hydrogen-bond donors (Lipinski definition) is 0. The zero-order valence-corrected chi connectivity index (χ0v) is 11.5. The van der Waals surface area contributed by atoms with Gasteiger partial charge in [0.2, 0.25) is 0 Å². The predicted molar refractivity (Wildman–Crippen MR) is 70.4 cm³/mol. The van der Waals surface area contributed by atoms with Crippen molar-refractivity contribution >= 4 is 17.6 Å². The van der Waals surface area contributed by atoms with Gasteiger partial charge in [-0.25, -0.2) is 0 Å². The van der Waals surface area contributed by atoms with Crippen LogP contribution in [0.15, 0.2) is 24.3 Å². The number of ether oxygens (including phenoxy) is 1. The highest BCUT2D eigenvalue weighted by atomic mass is 35.5. The van der Waals surface area contributed by atoms with Crippen molar-refractivity contribution in [3.63, 3.8) is 0 Å². The summed E-state index contributed by atoms with van der Waals surface area (Å²) in [6, 6.07) is 7.97. The molecule has 1 unspecified atom stereocenters. The van der Waals surface area contributed by atoms with Crippen LogP contribution in [0.2, 0.25) is 0 Å². The van der Waals surface area contributed by atoms with E-state index in [0.29, 0.717) is 6.42 Å². The summed E-state index contributed by atoms with van der Waals surface area (Å²) in [6.45, 7) is 7.52. The lowest BCUT2D eigenvalue weighted by molar-refractivity contribution is -0.154. The molecule has 1 aromatic carbocycles. The highest BCUT2D eigenvalue weighted by molar-refractivity contribution is 6.30. The van der Waals surface area contributed by atoms with Gasteiger partial charge in [-0.05, 0) is 39.7 Å². The van der Waals surface area contributed by atoms with E-state index in [9.17, 15) is 4.79 Å². The lowest BCUT2D eigenvalue weighted by Crippen LogP contribution is -2.30. The van der Waals surface area contributed by atoms with Gasteiger partial charge in [0, 0.05) is 0 Å². The van der Waals surface area contributed by atoms with E-state index in [-0.39, 0.29) is 5.97 Å². The van der Waals surface area contributed by atoms with Gasteiger partial charge in [0.05, 0.1) is 0 Å². The summed E-state index contributed by atoms with van der Waals surface area (Å²) in [5.41, 5.74) is 1.73. The van der Waals surface area contributed by atoms with Crippen LogP contribution in [0.1, 0.15) is 31.9 Å². The van der Waals surface area contributed by atoms with E-state index < -0.39 is 11.0 Å². The van der Waals surface area contributed by atoms with E-state index in [4.69, 9.17) is 16.3 Å². The van der Waals surface area contributed by atoms with Gasteiger partial charge in [0.25, 0.3) is 0 Å². The molecule has 0 saturated carbocycles. The molecular formula is C14H19ClO2. The van der Waals surface area contributed by atoms with Crippen LogP contribution < -0.4 is 0 Å². The van der Waals surface area contributed by atoms with Crippen molar-refractivity contribution in [2.75, 3.05) is 0 Å². The van der Waals surface area contributed by atoms with Crippen LogP contribution in [0.5, 0.6) is 0 Å². The molecule has 0 spiro atoms. The van der Waals surface area contributed by atoms with E-state index in [1.807, 2.05) is 52.0 Å². The van der Waals surface area contributed by atoms with E-state index in [1.54, 1.807) is 0 Å². The fourth-order valence-electron chi connectivity index (χ4n) is 1.50. The Labute approximate surface area is 108 Å². The molecular weight excluding hydrogens is 236 g/mol. The second-order valence-corrected chi connectivity index (χ2v) is 5.72. The lowest BCUT2D eigenvalue weighted by Gasteiger charge is -2.21. The number of benzene rings is 1. The second-order valence-electron chi connectivity index (χ2n) is 5.19. The molecule has 17 heavy (non-hydrogen) atoms. The third-order valence-corrected chi connectivity index (χ3v) is 2.49. The first-order valence-electron chi connectivity index (χ1n) is 5.70. The molecule has 0 bridgehead atoms. The number of carbonyl (C=O) groups is 1. The highest BCUT2D eigenvalue weighted by Gasteiger charge is 2.23. The Morgan fingerprint density at radius 3 is 2.59 bits per heavy atom. The summed E-state index contributed by atoms with van der Waals surface area (Å²) >= 11 is 6.05. The zero-order chi connectivity index (χ0) is 13.1. The number of carbonyl (C=O) groups excluding carboxylic acids is 1. The minimum absolute atomic E-state index is 0.360. The van der Waals surface area contributed by atoms with Crippen molar-refractivity contribution in [1.82, 2.24) is 0 Å². The highest BCUT2D eigenvalue weighted by Crippen LogP contribution is 2.15. The minimum Gasteiger partial charge on any atom is -0.459 e. The molecule has 0 radical (unpaired) electrons. The van der Waals surface area contributed by atoms with Crippen molar-refractivity contribution in [2.24, 2.45) is 0 Å². The Morgan fingerprint density at radius 1 is 1.41 bits per heavy atom. The molecule has 1 rings (SSSR count). The van der Waals surface area contributed by atoms with Crippen LogP contribution in [0.3, 0.4) is 0 Å². The Hall–Kier alpha value is -1.02. The zero-order valence-electron chi connectivity index (χ0n) is 10.8. The third-order valence-electron chi connectivity index (χ3n) is 2.16. The summed E-state index contributed by atoms with van der Waals surface area (Å²) in [6.07, 6.45) is 0.498. The molecule has 3 heteroatoms. The smallest absolute Gasteiger partial charge is 0.324 e. The first-order chi connectivity index (χ1) is 7.78. The van der Waals surface area contributed by atoms with Crippen molar-refractivity contribution in [2.45, 2.75) is 45.1 Å². The average molecular weight is 255 g/mol. The van der Waals surface area contributed by atoms with Crippen molar-refractivity contribution in [3.05, 3.63) is 35.4 Å². The third kappa shape index (κ3) is 5.22. The molecule has 0 N–H and O–H groups in total. The predicted octanol–water partition coefficient (Wildman–Crippen LogP) is 3.49. The Balaban J connectivity index is 2.60. The first kappa shape index (κ1) is 14.0. The Morgan fingerprint density at radius 2 is 2.06 bits per heavy atom. The largest absolute Gasteiger partial charge is 0.459 e. The van der Waals surface area contributed by atoms with E-state index in [1.165, 1.54) is 0 Å². The number of rotatable bonds is 3. The second kappa shape index (κ2) is 5.54. The van der Waals surface area contributed by atoms with Gasteiger partial charge in [-0.1, -0.05) is 29.8 Å². The molecule has 0 saturated heterocycles. The van der Waals surface area contributed by atoms with Crippen LogP contribution >= 0.6 is 11.6 Å². The van der Waals surface area contributed by atoms with E-state index >= 15 is 0 Å². The molecule has 0 aliphatic rings. The maximum Gasteiger partial charge on any atom is 0.324 e. The standard InChI is InChI=1S/C14H19ClO2/c1-10-6-5-7-11(8-10)9-12(15)13(16)17-14(2,3)4/h5-8,12H,9H2,1-4H3. The maximum atomic E-state index is 11.7. The summed E-state index contributed by atoms with van der Waals surface area (Å²) in [5, 5.41) is -0.629. The van der Waals surface area contributed by atoms with Gasteiger partial charge in [0.15, 0.2) is 0 Å². The first-order valence-corrected chi connectivity index (χ1v) is 6.14. The molecule has 1 atom stereocenters. The van der Waals surface area contributed by atoms with E-state index in [2.05, 4.69) is 0 Å². The molecule has 94 valence electrons. The normalized spacial score (nSPS) is 13.2. The van der Waals surface area contributed by atoms with Gasteiger partial charge in [-0.15, -0.1) is 11.6 Å². The van der Waals surface area contributed by atoms with Crippen LogP contribution in [0.4, 0.5) is 0 Å². The topological polar surface area (TPSA) is 26.3 Å². The van der Waals surface area contributed by atoms with Crippen LogP contribution in [-0.2, 0) is 16.0 Å². The Kier molecular flexibility index (Phi) is 4.58. The monoisotopic (exact) mass is 254 g/mol. The number of hydrogen-bond acceptors (Lipinski definition) is 2.